The summed E-state index contributed by atoms with van der Waals surface area (Å²) < 4.78 is 13.4. The van der Waals surface area contributed by atoms with Gasteiger partial charge in [0.1, 0.15) is 18.2 Å². The van der Waals surface area contributed by atoms with Gasteiger partial charge in [-0.05, 0) is 29.8 Å². The highest BCUT2D eigenvalue weighted by Gasteiger charge is 2.07. The number of hydrogen-bond donors (Lipinski definition) is 1. The molecule has 78 valence electrons. The van der Waals surface area contributed by atoms with Crippen molar-refractivity contribution < 1.29 is 9.18 Å². The Morgan fingerprint density at radius 2 is 2.25 bits per heavy atom. The highest BCUT2D eigenvalue weighted by atomic mass is 19.1. The van der Waals surface area contributed by atoms with Crippen LogP contribution in [0.5, 0.6) is 0 Å². The quantitative estimate of drug-likeness (QED) is 0.616. The number of hydrogen-bond acceptors (Lipinski definition) is 2. The summed E-state index contributed by atoms with van der Waals surface area (Å²) in [4.78, 5) is 13.1. The lowest BCUT2D eigenvalue weighted by Gasteiger charge is -1.95. The van der Waals surface area contributed by atoms with Gasteiger partial charge in [-0.2, -0.15) is 5.26 Å². The van der Waals surface area contributed by atoms with E-state index in [9.17, 15) is 9.18 Å². The third-order valence-electron chi connectivity index (χ3n) is 2.28. The number of allylic oxidation sites excluding steroid dienone is 1. The summed E-state index contributed by atoms with van der Waals surface area (Å²) in [5.74, 6) is -0.560. The number of benzene rings is 1. The number of fused-ring (bicyclic) bond motifs is 1. The van der Waals surface area contributed by atoms with Gasteiger partial charge in [-0.1, -0.05) is 0 Å². The van der Waals surface area contributed by atoms with Gasteiger partial charge in [0.25, 0.3) is 0 Å². The molecule has 0 spiro atoms. The van der Waals surface area contributed by atoms with Gasteiger partial charge in [-0.3, -0.25) is 4.79 Å². The molecule has 16 heavy (non-hydrogen) atoms. The van der Waals surface area contributed by atoms with Crippen LogP contribution in [0.2, 0.25) is 0 Å². The van der Waals surface area contributed by atoms with Crippen molar-refractivity contribution in [3.8, 4) is 6.07 Å². The van der Waals surface area contributed by atoms with E-state index >= 15 is 0 Å². The van der Waals surface area contributed by atoms with Crippen molar-refractivity contribution >= 4 is 23.3 Å². The number of nitrogens with zero attached hydrogens (tertiary/aromatic N) is 1. The van der Waals surface area contributed by atoms with E-state index in [1.807, 2.05) is 0 Å². The van der Waals surface area contributed by atoms with Gasteiger partial charge in [0, 0.05) is 17.1 Å². The maximum atomic E-state index is 13.4. The Labute approximate surface area is 90.8 Å². The molecular weight excluding hydrogens is 207 g/mol. The van der Waals surface area contributed by atoms with Gasteiger partial charge in [0.2, 0.25) is 0 Å². The van der Waals surface area contributed by atoms with Gasteiger partial charge >= 0.3 is 0 Å². The monoisotopic (exact) mass is 214 g/mol. The first kappa shape index (κ1) is 10.1. The number of rotatable bonds is 2. The van der Waals surface area contributed by atoms with Crippen molar-refractivity contribution in [3.05, 3.63) is 41.3 Å². The number of carbonyl (C=O) groups excluding carboxylic acids is 1. The topological polar surface area (TPSA) is 56.6 Å². The molecular formula is C12H7FN2O. The van der Waals surface area contributed by atoms with Crippen molar-refractivity contribution in [2.45, 2.75) is 0 Å². The predicted octanol–water partition coefficient (Wildman–Crippen LogP) is 2.39. The molecule has 0 saturated carbocycles. The molecule has 4 heteroatoms. The molecule has 0 amide bonds. The molecule has 1 aromatic heterocycles. The van der Waals surface area contributed by atoms with E-state index in [4.69, 9.17) is 5.26 Å². The van der Waals surface area contributed by atoms with Gasteiger partial charge in [0.15, 0.2) is 0 Å². The Morgan fingerprint density at radius 3 is 2.94 bits per heavy atom. The van der Waals surface area contributed by atoms with Gasteiger partial charge < -0.3 is 4.98 Å². The second kappa shape index (κ2) is 3.99. The fraction of sp³-hybridized carbons (Fsp3) is 0. The summed E-state index contributed by atoms with van der Waals surface area (Å²) in [6.07, 6.45) is 5.22. The van der Waals surface area contributed by atoms with E-state index in [0.717, 1.165) is 0 Å². The van der Waals surface area contributed by atoms with Crippen LogP contribution in [0.25, 0.3) is 17.0 Å². The Morgan fingerprint density at radius 1 is 1.44 bits per heavy atom. The number of aromatic amines is 1. The number of nitriles is 1. The zero-order valence-corrected chi connectivity index (χ0v) is 8.20. The van der Waals surface area contributed by atoms with Crippen molar-refractivity contribution in [2.75, 3.05) is 0 Å². The van der Waals surface area contributed by atoms with E-state index in [0.29, 0.717) is 22.8 Å². The Kier molecular flexibility index (Phi) is 2.52. The van der Waals surface area contributed by atoms with E-state index in [1.54, 1.807) is 18.3 Å². The second-order valence-electron chi connectivity index (χ2n) is 3.23. The van der Waals surface area contributed by atoms with Crippen LogP contribution in [0.3, 0.4) is 0 Å². The SMILES string of the molecule is N#Cc1cc2[nH]cc(/C=C/C=O)c2cc1F. The number of nitrogens with one attached hydrogen (secondary N) is 1. The van der Waals surface area contributed by atoms with Crippen LogP contribution in [0.15, 0.2) is 24.4 Å². The molecule has 2 rings (SSSR count). The molecule has 0 bridgehead atoms. The van der Waals surface area contributed by atoms with Crippen molar-refractivity contribution in [1.29, 1.82) is 5.26 Å². The molecule has 0 saturated heterocycles. The maximum absolute atomic E-state index is 13.4. The smallest absolute Gasteiger partial charge is 0.142 e. The molecule has 1 N–H and O–H groups in total. The minimum absolute atomic E-state index is 0.000247. The summed E-state index contributed by atoms with van der Waals surface area (Å²) >= 11 is 0. The maximum Gasteiger partial charge on any atom is 0.142 e. The molecule has 0 aliphatic carbocycles. The number of aldehydes is 1. The Balaban J connectivity index is 2.66. The third-order valence-corrected chi connectivity index (χ3v) is 2.28. The third kappa shape index (κ3) is 1.59. The second-order valence-corrected chi connectivity index (χ2v) is 3.23. The predicted molar refractivity (Wildman–Crippen MR) is 58.1 cm³/mol. The molecule has 0 unspecified atom stereocenters. The molecule has 1 heterocycles. The Bertz CT molecular complexity index is 620. The molecule has 0 aliphatic rings. The minimum Gasteiger partial charge on any atom is -0.361 e. The molecule has 1 aromatic carbocycles. The van der Waals surface area contributed by atoms with Crippen molar-refractivity contribution in [2.24, 2.45) is 0 Å². The molecule has 0 fully saturated rings. The fourth-order valence-corrected chi connectivity index (χ4v) is 1.53. The number of carbonyl (C=O) groups is 1. The van der Waals surface area contributed by atoms with E-state index < -0.39 is 5.82 Å². The summed E-state index contributed by atoms with van der Waals surface area (Å²) in [5.41, 5.74) is 1.38. The lowest BCUT2D eigenvalue weighted by Crippen LogP contribution is -1.83. The van der Waals surface area contributed by atoms with Gasteiger partial charge in [-0.15, -0.1) is 0 Å². The van der Waals surface area contributed by atoms with E-state index in [2.05, 4.69) is 4.98 Å². The molecule has 0 radical (unpaired) electrons. The van der Waals surface area contributed by atoms with Crippen LogP contribution in [0, 0.1) is 17.1 Å². The first-order chi connectivity index (χ1) is 7.76. The molecule has 2 aromatic rings. The van der Waals surface area contributed by atoms with Crippen molar-refractivity contribution in [1.82, 2.24) is 4.98 Å². The summed E-state index contributed by atoms with van der Waals surface area (Å²) in [6, 6.07) is 4.50. The van der Waals surface area contributed by atoms with Crippen molar-refractivity contribution in [3.63, 3.8) is 0 Å². The fourth-order valence-electron chi connectivity index (χ4n) is 1.53. The molecule has 0 aliphatic heterocycles. The van der Waals surface area contributed by atoms with Crippen LogP contribution in [0.1, 0.15) is 11.1 Å². The van der Waals surface area contributed by atoms with Crippen LogP contribution in [0.4, 0.5) is 4.39 Å². The van der Waals surface area contributed by atoms with Crippen LogP contribution >= 0.6 is 0 Å². The highest BCUT2D eigenvalue weighted by Crippen LogP contribution is 2.22. The first-order valence-corrected chi connectivity index (χ1v) is 4.59. The highest BCUT2D eigenvalue weighted by molar-refractivity contribution is 5.91. The first-order valence-electron chi connectivity index (χ1n) is 4.59. The number of aromatic nitrogens is 1. The zero-order chi connectivity index (χ0) is 11.5. The summed E-state index contributed by atoms with van der Waals surface area (Å²) in [7, 11) is 0. The Hall–Kier alpha value is -2.41. The van der Waals surface area contributed by atoms with Crippen LogP contribution < -0.4 is 0 Å². The summed E-state index contributed by atoms with van der Waals surface area (Å²) in [6.45, 7) is 0. The minimum atomic E-state index is -0.560. The number of halogens is 1. The molecule has 3 nitrogen and oxygen atoms in total. The molecule has 0 atom stereocenters. The average Bonchev–Trinajstić information content (AvgIpc) is 2.67. The normalized spacial score (nSPS) is 10.8. The zero-order valence-electron chi connectivity index (χ0n) is 8.20. The number of H-pyrrole nitrogens is 1. The van der Waals surface area contributed by atoms with Crippen LogP contribution in [-0.2, 0) is 4.79 Å². The summed E-state index contributed by atoms with van der Waals surface area (Å²) in [5, 5.41) is 9.31. The average molecular weight is 214 g/mol. The largest absolute Gasteiger partial charge is 0.361 e. The van der Waals surface area contributed by atoms with E-state index in [1.165, 1.54) is 18.2 Å². The van der Waals surface area contributed by atoms with Gasteiger partial charge in [0.05, 0.1) is 5.56 Å². The lowest BCUT2D eigenvalue weighted by atomic mass is 10.1. The van der Waals surface area contributed by atoms with Crippen LogP contribution in [-0.4, -0.2) is 11.3 Å². The van der Waals surface area contributed by atoms with Gasteiger partial charge in [-0.25, -0.2) is 4.39 Å². The lowest BCUT2D eigenvalue weighted by molar-refractivity contribution is -0.104. The van der Waals surface area contributed by atoms with E-state index in [-0.39, 0.29) is 5.56 Å². The standard InChI is InChI=1S/C12H7FN2O/c13-11-5-10-8(2-1-3-16)7-15-12(10)4-9(11)6-14/h1-5,7,15H/b2-1+.